The van der Waals surface area contributed by atoms with E-state index in [0.717, 1.165) is 10.9 Å². The molecule has 0 spiro atoms. The number of aromatic nitrogens is 2. The maximum absolute atomic E-state index is 12.1. The van der Waals surface area contributed by atoms with E-state index in [1.807, 2.05) is 0 Å². The maximum Gasteiger partial charge on any atom is 0.408 e. The molecule has 6 nitrogen and oxygen atoms in total. The molecule has 0 radical (unpaired) electrons. The number of halogens is 3. The molecule has 0 bridgehead atoms. The number of aryl methyl sites for hydroxylation is 1. The number of nitrogens with one attached hydrogen (secondary N) is 1. The Bertz CT molecular complexity index is 658. The van der Waals surface area contributed by atoms with Crippen molar-refractivity contribution >= 4 is 12.1 Å². The Labute approximate surface area is 117 Å². The molecule has 0 aliphatic carbocycles. The highest BCUT2D eigenvalue weighted by atomic mass is 19.4. The number of carbonyl (C=O) groups is 1. The summed E-state index contributed by atoms with van der Waals surface area (Å²) >= 11 is 0. The van der Waals surface area contributed by atoms with Crippen LogP contribution in [0.25, 0.3) is 0 Å². The molecule has 2 rings (SSSR count). The Morgan fingerprint density at radius 3 is 2.90 bits per heavy atom. The minimum Gasteiger partial charge on any atom is -0.469 e. The van der Waals surface area contributed by atoms with E-state index in [0.29, 0.717) is 11.3 Å². The number of hydrogen-bond acceptors (Lipinski definition) is 4. The number of hydrazone groups is 1. The maximum atomic E-state index is 12.1. The fourth-order valence-corrected chi connectivity index (χ4v) is 1.56. The van der Waals surface area contributed by atoms with Crippen molar-refractivity contribution in [3.05, 3.63) is 41.6 Å². The molecule has 0 saturated carbocycles. The number of carbonyl (C=O) groups excluding carboxylic acids is 1. The lowest BCUT2D eigenvalue weighted by Gasteiger charge is -2.04. The van der Waals surface area contributed by atoms with Crippen LogP contribution in [0, 0.1) is 6.92 Å². The number of rotatable bonds is 4. The topological polar surface area (TPSA) is 72.4 Å². The molecule has 1 amide bonds. The van der Waals surface area contributed by atoms with Crippen molar-refractivity contribution in [3.8, 4) is 0 Å². The van der Waals surface area contributed by atoms with Gasteiger partial charge in [-0.2, -0.15) is 23.4 Å². The summed E-state index contributed by atoms with van der Waals surface area (Å²) in [4.78, 5) is 11.7. The normalized spacial score (nSPS) is 12.0. The summed E-state index contributed by atoms with van der Waals surface area (Å²) in [5.41, 5.74) is 2.76. The van der Waals surface area contributed by atoms with E-state index < -0.39 is 18.6 Å². The first-order chi connectivity index (χ1) is 9.85. The van der Waals surface area contributed by atoms with E-state index in [4.69, 9.17) is 4.42 Å². The first-order valence-corrected chi connectivity index (χ1v) is 5.83. The molecule has 112 valence electrons. The zero-order valence-corrected chi connectivity index (χ0v) is 10.9. The van der Waals surface area contributed by atoms with E-state index in [2.05, 4.69) is 15.6 Å². The zero-order chi connectivity index (χ0) is 15.5. The second kappa shape index (κ2) is 5.81. The molecule has 2 heterocycles. The molecule has 2 aromatic heterocycles. The van der Waals surface area contributed by atoms with E-state index in [1.165, 1.54) is 24.6 Å². The van der Waals surface area contributed by atoms with Gasteiger partial charge in [-0.1, -0.05) is 0 Å². The molecular formula is C12H11F3N4O2. The fraction of sp³-hybridized carbons (Fsp3) is 0.250. The monoisotopic (exact) mass is 300 g/mol. The van der Waals surface area contributed by atoms with E-state index in [-0.39, 0.29) is 5.69 Å². The summed E-state index contributed by atoms with van der Waals surface area (Å²) in [5.74, 6) is -0.0376. The predicted octanol–water partition coefficient (Wildman–Crippen LogP) is 2.11. The minimum absolute atomic E-state index is 0.198. The van der Waals surface area contributed by atoms with Crippen LogP contribution in [-0.2, 0) is 6.54 Å². The van der Waals surface area contributed by atoms with Crippen molar-refractivity contribution in [3.63, 3.8) is 0 Å². The van der Waals surface area contributed by atoms with Crippen LogP contribution >= 0.6 is 0 Å². The molecule has 1 N–H and O–H groups in total. The van der Waals surface area contributed by atoms with Gasteiger partial charge in [-0.15, -0.1) is 0 Å². The first-order valence-electron chi connectivity index (χ1n) is 5.83. The second-order valence-corrected chi connectivity index (χ2v) is 4.14. The molecule has 0 aliphatic rings. The predicted molar refractivity (Wildman–Crippen MR) is 66.8 cm³/mol. The van der Waals surface area contributed by atoms with Gasteiger partial charge in [0.05, 0.1) is 18.0 Å². The Hall–Kier alpha value is -2.58. The highest BCUT2D eigenvalue weighted by Gasteiger charge is 2.28. The van der Waals surface area contributed by atoms with Crippen molar-refractivity contribution < 1.29 is 22.4 Å². The number of furan rings is 1. The molecule has 0 saturated heterocycles. The van der Waals surface area contributed by atoms with Crippen LogP contribution in [0.1, 0.15) is 21.8 Å². The van der Waals surface area contributed by atoms with Crippen LogP contribution in [0.2, 0.25) is 0 Å². The lowest BCUT2D eigenvalue weighted by atomic mass is 10.2. The third kappa shape index (κ3) is 4.20. The molecule has 2 aromatic rings. The van der Waals surface area contributed by atoms with Gasteiger partial charge in [-0.05, 0) is 19.1 Å². The summed E-state index contributed by atoms with van der Waals surface area (Å²) < 4.78 is 42.1. The molecule has 9 heteroatoms. The van der Waals surface area contributed by atoms with Crippen LogP contribution in [0.4, 0.5) is 13.2 Å². The third-order valence-corrected chi connectivity index (χ3v) is 2.47. The second-order valence-electron chi connectivity index (χ2n) is 4.14. The van der Waals surface area contributed by atoms with Gasteiger partial charge >= 0.3 is 6.18 Å². The number of alkyl halides is 3. The zero-order valence-electron chi connectivity index (χ0n) is 10.9. The van der Waals surface area contributed by atoms with Gasteiger partial charge in [-0.3, -0.25) is 9.48 Å². The van der Waals surface area contributed by atoms with Gasteiger partial charge < -0.3 is 4.42 Å². The Balaban J connectivity index is 1.93. The molecule has 0 unspecified atom stereocenters. The molecule has 21 heavy (non-hydrogen) atoms. The van der Waals surface area contributed by atoms with Crippen LogP contribution in [0.5, 0.6) is 0 Å². The minimum atomic E-state index is -4.34. The van der Waals surface area contributed by atoms with Crippen LogP contribution in [0.3, 0.4) is 0 Å². The highest BCUT2D eigenvalue weighted by Crippen LogP contribution is 2.16. The van der Waals surface area contributed by atoms with Gasteiger partial charge in [0.15, 0.2) is 0 Å². The van der Waals surface area contributed by atoms with Crippen LogP contribution in [-0.4, -0.2) is 28.1 Å². The lowest BCUT2D eigenvalue weighted by Crippen LogP contribution is -2.18. The van der Waals surface area contributed by atoms with Crippen molar-refractivity contribution in [2.75, 3.05) is 0 Å². The lowest BCUT2D eigenvalue weighted by molar-refractivity contribution is -0.142. The summed E-state index contributed by atoms with van der Waals surface area (Å²) in [6.07, 6.45) is -0.642. The molecule has 0 aliphatic heterocycles. The Morgan fingerprint density at radius 1 is 1.52 bits per heavy atom. The number of nitrogens with zero attached hydrogens (tertiary/aromatic N) is 3. The number of hydrogen-bond donors (Lipinski definition) is 1. The van der Waals surface area contributed by atoms with Crippen LogP contribution in [0.15, 0.2) is 34.1 Å². The Morgan fingerprint density at radius 2 is 2.29 bits per heavy atom. The van der Waals surface area contributed by atoms with E-state index in [9.17, 15) is 18.0 Å². The first kappa shape index (κ1) is 14.8. The molecular weight excluding hydrogens is 289 g/mol. The standard InChI is InChI=1S/C12H11F3N4O2/c1-8-10(3-5-21-8)11(20)17-16-6-9-2-4-19(18-9)7-12(13,14)15/h2-6H,7H2,1H3,(H,17,20)/b16-6-. The average molecular weight is 300 g/mol. The van der Waals surface area contributed by atoms with E-state index >= 15 is 0 Å². The fourth-order valence-electron chi connectivity index (χ4n) is 1.56. The van der Waals surface area contributed by atoms with E-state index in [1.54, 1.807) is 6.92 Å². The smallest absolute Gasteiger partial charge is 0.408 e. The van der Waals surface area contributed by atoms with Crippen molar-refractivity contribution in [2.45, 2.75) is 19.6 Å². The third-order valence-electron chi connectivity index (χ3n) is 2.47. The molecule has 0 atom stereocenters. The largest absolute Gasteiger partial charge is 0.469 e. The van der Waals surface area contributed by atoms with Crippen molar-refractivity contribution in [1.29, 1.82) is 0 Å². The van der Waals surface area contributed by atoms with Gasteiger partial charge in [-0.25, -0.2) is 5.43 Å². The summed E-state index contributed by atoms with van der Waals surface area (Å²) in [5, 5.41) is 7.28. The average Bonchev–Trinajstić information content (AvgIpc) is 2.96. The summed E-state index contributed by atoms with van der Waals surface area (Å²) in [6, 6.07) is 2.84. The Kier molecular flexibility index (Phi) is 4.10. The van der Waals surface area contributed by atoms with Gasteiger partial charge in [0.1, 0.15) is 18.0 Å². The quantitative estimate of drug-likeness (QED) is 0.694. The van der Waals surface area contributed by atoms with Gasteiger partial charge in [0, 0.05) is 6.20 Å². The molecule has 0 aromatic carbocycles. The molecule has 0 fully saturated rings. The highest BCUT2D eigenvalue weighted by molar-refractivity contribution is 5.95. The van der Waals surface area contributed by atoms with Crippen molar-refractivity contribution in [2.24, 2.45) is 5.10 Å². The number of amides is 1. The van der Waals surface area contributed by atoms with Gasteiger partial charge in [0.2, 0.25) is 0 Å². The SMILES string of the molecule is Cc1occc1C(=O)N/N=C\c1ccn(CC(F)(F)F)n1. The van der Waals surface area contributed by atoms with Crippen LogP contribution < -0.4 is 5.43 Å². The summed E-state index contributed by atoms with van der Waals surface area (Å²) in [7, 11) is 0. The summed E-state index contributed by atoms with van der Waals surface area (Å²) in [6.45, 7) is 0.443. The van der Waals surface area contributed by atoms with Gasteiger partial charge in [0.25, 0.3) is 5.91 Å². The van der Waals surface area contributed by atoms with Crippen molar-refractivity contribution in [1.82, 2.24) is 15.2 Å².